The number of carbonyl (C=O) groups excluding carboxylic acids is 2. The monoisotopic (exact) mass is 340 g/mol. The molecular weight excluding hydrogens is 316 g/mol. The van der Waals surface area contributed by atoms with E-state index in [1.165, 1.54) is 0 Å². The highest BCUT2D eigenvalue weighted by atomic mass is 16.5. The lowest BCUT2D eigenvalue weighted by Crippen LogP contribution is -2.30. The van der Waals surface area contributed by atoms with Crippen molar-refractivity contribution in [3.63, 3.8) is 0 Å². The van der Waals surface area contributed by atoms with Crippen molar-refractivity contribution in [2.75, 3.05) is 13.2 Å². The number of rotatable bonds is 10. The maximum atomic E-state index is 12.1. The largest absolute Gasteiger partial charge is 0.465 e. The Hall–Kier alpha value is -2.66. The van der Waals surface area contributed by atoms with Crippen molar-refractivity contribution < 1.29 is 14.3 Å². The first kappa shape index (κ1) is 18.7. The number of benzene rings is 2. The maximum Gasteiger partial charge on any atom is 0.320 e. The van der Waals surface area contributed by atoms with Crippen molar-refractivity contribution in [1.29, 1.82) is 0 Å². The van der Waals surface area contributed by atoms with Crippen LogP contribution in [0.15, 0.2) is 60.7 Å². The van der Waals surface area contributed by atoms with E-state index in [1.54, 1.807) is 0 Å². The molecule has 2 rings (SSSR count). The number of ether oxygens (including phenoxy) is 1. The third-order valence-corrected chi connectivity index (χ3v) is 3.68. The molecule has 0 heterocycles. The topological polar surface area (TPSA) is 72.6 Å². The Morgan fingerprint density at radius 2 is 1.40 bits per heavy atom. The number of carbonyl (C=O) groups is 2. The van der Waals surface area contributed by atoms with E-state index in [0.717, 1.165) is 11.1 Å². The highest BCUT2D eigenvalue weighted by Gasteiger charge is 2.13. The molecule has 0 aliphatic rings. The van der Waals surface area contributed by atoms with Crippen molar-refractivity contribution >= 4 is 11.9 Å². The summed E-state index contributed by atoms with van der Waals surface area (Å²) in [5.41, 5.74) is 7.35. The van der Waals surface area contributed by atoms with Gasteiger partial charge in [-0.2, -0.15) is 0 Å². The summed E-state index contributed by atoms with van der Waals surface area (Å²) in [6.45, 7) is 1.73. The molecule has 5 nitrogen and oxygen atoms in total. The summed E-state index contributed by atoms with van der Waals surface area (Å²) in [6, 6.07) is 20.0. The molecule has 132 valence electrons. The van der Waals surface area contributed by atoms with Gasteiger partial charge in [-0.1, -0.05) is 60.7 Å². The molecule has 2 aromatic carbocycles. The molecule has 0 atom stereocenters. The van der Waals surface area contributed by atoms with E-state index in [9.17, 15) is 9.59 Å². The molecule has 0 aliphatic heterocycles. The molecule has 2 aromatic rings. The number of nitrogens with two attached hydrogens (primary N) is 1. The number of hydrogen-bond acceptors (Lipinski definition) is 4. The van der Waals surface area contributed by atoms with Crippen LogP contribution in [0.5, 0.6) is 0 Å². The second-order valence-electron chi connectivity index (χ2n) is 5.91. The molecule has 0 saturated carbocycles. The van der Waals surface area contributed by atoms with Crippen LogP contribution < -0.4 is 5.73 Å². The zero-order chi connectivity index (χ0) is 17.9. The Bertz CT molecular complexity index is 618. The molecule has 25 heavy (non-hydrogen) atoms. The Balaban J connectivity index is 1.91. The number of nitrogens with zero attached hydrogens (tertiary/aromatic N) is 1. The standard InChI is InChI=1S/C20H24N2O3/c21-19(23)12-7-13-25-20(24)16-22(14-17-8-3-1-4-9-17)15-18-10-5-2-6-11-18/h1-6,8-11H,7,12-16H2,(H2,21,23). The van der Waals surface area contributed by atoms with Crippen LogP contribution in [0.4, 0.5) is 0 Å². The fourth-order valence-corrected chi connectivity index (χ4v) is 2.51. The molecule has 0 aliphatic carbocycles. The number of primary amides is 1. The number of esters is 1. The maximum absolute atomic E-state index is 12.1. The molecule has 1 amide bonds. The minimum atomic E-state index is -0.383. The van der Waals surface area contributed by atoms with Gasteiger partial charge in [0.25, 0.3) is 0 Å². The molecule has 0 saturated heterocycles. The predicted molar refractivity (Wildman–Crippen MR) is 96.4 cm³/mol. The van der Waals surface area contributed by atoms with E-state index >= 15 is 0 Å². The van der Waals surface area contributed by atoms with Gasteiger partial charge in [0.1, 0.15) is 0 Å². The molecule has 0 unspecified atom stereocenters. The van der Waals surface area contributed by atoms with Crippen molar-refractivity contribution in [3.05, 3.63) is 71.8 Å². The number of amides is 1. The zero-order valence-corrected chi connectivity index (χ0v) is 14.3. The van der Waals surface area contributed by atoms with Gasteiger partial charge in [-0.15, -0.1) is 0 Å². The van der Waals surface area contributed by atoms with Crippen LogP contribution >= 0.6 is 0 Å². The first-order chi connectivity index (χ1) is 12.1. The van der Waals surface area contributed by atoms with Crippen molar-refractivity contribution in [2.45, 2.75) is 25.9 Å². The van der Waals surface area contributed by atoms with Gasteiger partial charge in [-0.3, -0.25) is 14.5 Å². The van der Waals surface area contributed by atoms with E-state index in [-0.39, 0.29) is 31.4 Å². The lowest BCUT2D eigenvalue weighted by Gasteiger charge is -2.21. The molecule has 0 radical (unpaired) electrons. The third-order valence-electron chi connectivity index (χ3n) is 3.68. The number of hydrogen-bond donors (Lipinski definition) is 1. The molecule has 0 fully saturated rings. The molecular formula is C20H24N2O3. The summed E-state index contributed by atoms with van der Waals surface area (Å²) in [5, 5.41) is 0. The van der Waals surface area contributed by atoms with Crippen LogP contribution in [0.2, 0.25) is 0 Å². The summed E-state index contributed by atoms with van der Waals surface area (Å²) in [4.78, 5) is 24.8. The van der Waals surface area contributed by atoms with E-state index in [1.807, 2.05) is 65.6 Å². The highest BCUT2D eigenvalue weighted by molar-refractivity contribution is 5.74. The van der Waals surface area contributed by atoms with Crippen LogP contribution in [0.25, 0.3) is 0 Å². The quantitative estimate of drug-likeness (QED) is 0.533. The SMILES string of the molecule is NC(=O)CCCOC(=O)CN(Cc1ccccc1)Cc1ccccc1. The Morgan fingerprint density at radius 3 is 1.88 bits per heavy atom. The third kappa shape index (κ3) is 7.63. The van der Waals surface area contributed by atoms with Gasteiger partial charge in [0.15, 0.2) is 0 Å². The molecule has 0 aromatic heterocycles. The molecule has 0 bridgehead atoms. The van der Waals surface area contributed by atoms with Gasteiger partial charge in [0.05, 0.1) is 13.2 Å². The van der Waals surface area contributed by atoms with Gasteiger partial charge in [-0.05, 0) is 17.5 Å². The minimum Gasteiger partial charge on any atom is -0.465 e. The van der Waals surface area contributed by atoms with Crippen molar-refractivity contribution in [2.24, 2.45) is 5.73 Å². The van der Waals surface area contributed by atoms with Crippen LogP contribution in [-0.2, 0) is 27.4 Å². The van der Waals surface area contributed by atoms with Gasteiger partial charge in [0, 0.05) is 19.5 Å². The van der Waals surface area contributed by atoms with E-state index in [2.05, 4.69) is 0 Å². The van der Waals surface area contributed by atoms with Crippen LogP contribution in [0.3, 0.4) is 0 Å². The van der Waals surface area contributed by atoms with E-state index < -0.39 is 0 Å². The molecule has 2 N–H and O–H groups in total. The van der Waals surface area contributed by atoms with Gasteiger partial charge < -0.3 is 10.5 Å². The minimum absolute atomic E-state index is 0.195. The first-order valence-corrected chi connectivity index (χ1v) is 8.37. The van der Waals surface area contributed by atoms with Crippen LogP contribution in [0.1, 0.15) is 24.0 Å². The van der Waals surface area contributed by atoms with E-state index in [4.69, 9.17) is 10.5 Å². The normalized spacial score (nSPS) is 10.6. The van der Waals surface area contributed by atoms with Crippen LogP contribution in [0, 0.1) is 0 Å². The zero-order valence-electron chi connectivity index (χ0n) is 14.3. The fraction of sp³-hybridized carbons (Fsp3) is 0.300. The second kappa shape index (κ2) is 10.3. The smallest absolute Gasteiger partial charge is 0.320 e. The van der Waals surface area contributed by atoms with Gasteiger partial charge >= 0.3 is 5.97 Å². The summed E-state index contributed by atoms with van der Waals surface area (Å²) in [7, 11) is 0. The van der Waals surface area contributed by atoms with Gasteiger partial charge in [0.2, 0.25) is 5.91 Å². The van der Waals surface area contributed by atoms with E-state index in [0.29, 0.717) is 19.5 Å². The lowest BCUT2D eigenvalue weighted by atomic mass is 10.1. The Kier molecular flexibility index (Phi) is 7.66. The average Bonchev–Trinajstić information content (AvgIpc) is 2.60. The molecule has 5 heteroatoms. The first-order valence-electron chi connectivity index (χ1n) is 8.37. The summed E-state index contributed by atoms with van der Waals surface area (Å²) in [5.74, 6) is -0.679. The highest BCUT2D eigenvalue weighted by Crippen LogP contribution is 2.10. The molecule has 0 spiro atoms. The predicted octanol–water partition coefficient (Wildman–Crippen LogP) is 2.50. The summed E-state index contributed by atoms with van der Waals surface area (Å²) < 4.78 is 5.21. The second-order valence-corrected chi connectivity index (χ2v) is 5.91. The summed E-state index contributed by atoms with van der Waals surface area (Å²) in [6.07, 6.45) is 0.684. The Morgan fingerprint density at radius 1 is 0.880 bits per heavy atom. The van der Waals surface area contributed by atoms with Crippen molar-refractivity contribution in [1.82, 2.24) is 4.90 Å². The fourth-order valence-electron chi connectivity index (χ4n) is 2.51. The van der Waals surface area contributed by atoms with Crippen molar-refractivity contribution in [3.8, 4) is 0 Å². The van der Waals surface area contributed by atoms with Gasteiger partial charge in [-0.25, -0.2) is 0 Å². The summed E-state index contributed by atoms with van der Waals surface area (Å²) >= 11 is 0. The lowest BCUT2D eigenvalue weighted by molar-refractivity contribution is -0.145. The Labute approximate surface area is 148 Å². The average molecular weight is 340 g/mol. The van der Waals surface area contributed by atoms with Crippen LogP contribution in [-0.4, -0.2) is 29.9 Å².